The molecule has 1 unspecified atom stereocenters. The molecule has 0 bridgehead atoms. The molecule has 10 nitrogen and oxygen atoms in total. The smallest absolute Gasteiger partial charge is 0.328 e. The molecular weight excluding hydrogens is 460 g/mol. The molecule has 11 heteroatoms. The van der Waals surface area contributed by atoms with E-state index in [1.807, 2.05) is 49.2 Å². The van der Waals surface area contributed by atoms with Crippen molar-refractivity contribution < 1.29 is 19.7 Å². The maximum atomic E-state index is 13.1. The molecule has 0 aliphatic heterocycles. The predicted molar refractivity (Wildman–Crippen MR) is 132 cm³/mol. The fourth-order valence-electron chi connectivity index (χ4n) is 2.97. The molecule has 0 fully saturated rings. The van der Waals surface area contributed by atoms with Gasteiger partial charge >= 0.3 is 6.03 Å². The highest BCUT2D eigenvalue weighted by Crippen LogP contribution is 2.31. The number of hydrogen-bond acceptors (Lipinski definition) is 8. The number of urea groups is 1. The first kappa shape index (κ1) is 25.2. The number of carbonyl (C=O) groups excluding carboxylic acids is 1. The summed E-state index contributed by atoms with van der Waals surface area (Å²) in [5, 5.41) is 21.6. The van der Waals surface area contributed by atoms with Crippen LogP contribution in [0.4, 0.5) is 22.1 Å². The van der Waals surface area contributed by atoms with Crippen molar-refractivity contribution in [3.63, 3.8) is 0 Å². The maximum absolute atomic E-state index is 13.1. The lowest BCUT2D eigenvalue weighted by molar-refractivity contribution is 0.0520. The third-order valence-corrected chi connectivity index (χ3v) is 5.20. The van der Waals surface area contributed by atoms with E-state index in [1.54, 1.807) is 13.1 Å². The van der Waals surface area contributed by atoms with Crippen LogP contribution < -0.4 is 19.9 Å². The van der Waals surface area contributed by atoms with Crippen LogP contribution in [-0.2, 0) is 0 Å². The number of nitrogens with one attached hydrogen (secondary N) is 1. The first-order chi connectivity index (χ1) is 16.3. The van der Waals surface area contributed by atoms with Crippen LogP contribution in [-0.4, -0.2) is 71.2 Å². The Bertz CT molecular complexity index is 1130. The third-order valence-electron chi connectivity index (χ3n) is 4.96. The zero-order chi connectivity index (χ0) is 24.7. The summed E-state index contributed by atoms with van der Waals surface area (Å²) in [5.74, 6) is 0.704. The molecular formula is C23H27ClN6O4. The van der Waals surface area contributed by atoms with Crippen LogP contribution in [0.25, 0.3) is 11.3 Å². The van der Waals surface area contributed by atoms with E-state index in [2.05, 4.69) is 15.3 Å². The number of halogens is 1. The molecule has 34 heavy (non-hydrogen) atoms. The highest BCUT2D eigenvalue weighted by molar-refractivity contribution is 6.30. The molecule has 0 spiro atoms. The summed E-state index contributed by atoms with van der Waals surface area (Å²) in [6.45, 7) is 2.12. The van der Waals surface area contributed by atoms with Crippen molar-refractivity contribution in [1.29, 1.82) is 0 Å². The number of ether oxygens (including phenoxy) is 1. The van der Waals surface area contributed by atoms with Crippen molar-refractivity contribution in [2.75, 3.05) is 49.0 Å². The van der Waals surface area contributed by atoms with Crippen molar-refractivity contribution in [3.8, 4) is 17.1 Å². The first-order valence-corrected chi connectivity index (χ1v) is 11.0. The Kier molecular flexibility index (Phi) is 8.58. The molecule has 2 heterocycles. The summed E-state index contributed by atoms with van der Waals surface area (Å²) < 4.78 is 5.29. The van der Waals surface area contributed by atoms with Gasteiger partial charge in [-0.3, -0.25) is 15.2 Å². The number of benzene rings is 1. The summed E-state index contributed by atoms with van der Waals surface area (Å²) in [7, 11) is 3.52. The Hall–Kier alpha value is -3.47. The third kappa shape index (κ3) is 6.31. The Morgan fingerprint density at radius 2 is 2.00 bits per heavy atom. The van der Waals surface area contributed by atoms with Gasteiger partial charge in [0.05, 0.1) is 30.4 Å². The second-order valence-electron chi connectivity index (χ2n) is 7.44. The number of aliphatic hydroxyl groups is 2. The van der Waals surface area contributed by atoms with E-state index in [4.69, 9.17) is 26.4 Å². The van der Waals surface area contributed by atoms with Crippen molar-refractivity contribution in [2.24, 2.45) is 0 Å². The van der Waals surface area contributed by atoms with Gasteiger partial charge in [-0.2, -0.15) is 4.98 Å². The molecule has 0 aliphatic rings. The summed E-state index contributed by atoms with van der Waals surface area (Å²) in [4.78, 5) is 29.3. The standard InChI is InChI=1S/C23H27ClN6O4/c1-4-29(2)19-9-8-18(15-6-5-7-16(24)10-15)26-22(19)30(3)23(33)28-20-11-25-12-21(27-20)34-14-17(32)13-31/h5-12,17,31-32H,4,13-14H2,1-3H3,(H,27,28,33). The lowest BCUT2D eigenvalue weighted by Crippen LogP contribution is -2.34. The molecule has 2 aromatic heterocycles. The number of rotatable bonds is 9. The zero-order valence-electron chi connectivity index (χ0n) is 19.1. The average Bonchev–Trinajstić information content (AvgIpc) is 2.86. The number of nitrogens with zero attached hydrogens (tertiary/aromatic N) is 5. The second-order valence-corrected chi connectivity index (χ2v) is 7.88. The van der Waals surface area contributed by atoms with Crippen molar-refractivity contribution in [2.45, 2.75) is 13.0 Å². The number of carbonyl (C=O) groups is 1. The summed E-state index contributed by atoms with van der Waals surface area (Å²) >= 11 is 6.14. The average molecular weight is 487 g/mol. The molecule has 1 aromatic carbocycles. The zero-order valence-corrected chi connectivity index (χ0v) is 19.9. The van der Waals surface area contributed by atoms with Crippen LogP contribution in [0.15, 0.2) is 48.8 Å². The van der Waals surface area contributed by atoms with Gasteiger partial charge in [0.25, 0.3) is 0 Å². The molecule has 3 N–H and O–H groups in total. The number of aromatic nitrogens is 3. The van der Waals surface area contributed by atoms with E-state index in [0.29, 0.717) is 23.1 Å². The monoisotopic (exact) mass is 486 g/mol. The largest absolute Gasteiger partial charge is 0.474 e. The van der Waals surface area contributed by atoms with E-state index < -0.39 is 18.7 Å². The summed E-state index contributed by atoms with van der Waals surface area (Å²) in [6.07, 6.45) is 1.67. The quantitative estimate of drug-likeness (QED) is 0.421. The molecule has 0 saturated heterocycles. The Balaban J connectivity index is 1.85. The lowest BCUT2D eigenvalue weighted by Gasteiger charge is -2.25. The Morgan fingerprint density at radius 1 is 1.21 bits per heavy atom. The van der Waals surface area contributed by atoms with Gasteiger partial charge in [-0.05, 0) is 31.2 Å². The number of hydrogen-bond donors (Lipinski definition) is 3. The number of aliphatic hydroxyl groups excluding tert-OH is 2. The maximum Gasteiger partial charge on any atom is 0.328 e. The van der Waals surface area contributed by atoms with Crippen LogP contribution in [0.2, 0.25) is 5.02 Å². The van der Waals surface area contributed by atoms with Gasteiger partial charge in [0.1, 0.15) is 12.7 Å². The van der Waals surface area contributed by atoms with Crippen molar-refractivity contribution in [1.82, 2.24) is 15.0 Å². The minimum atomic E-state index is -1.04. The lowest BCUT2D eigenvalue weighted by atomic mass is 10.1. The highest BCUT2D eigenvalue weighted by atomic mass is 35.5. The van der Waals surface area contributed by atoms with Crippen LogP contribution >= 0.6 is 11.6 Å². The molecule has 3 aromatic rings. The first-order valence-electron chi connectivity index (χ1n) is 10.6. The fraction of sp³-hybridized carbons (Fsp3) is 0.304. The Morgan fingerprint density at radius 3 is 2.71 bits per heavy atom. The molecule has 3 rings (SSSR count). The van der Waals surface area contributed by atoms with Gasteiger partial charge in [0, 0.05) is 31.2 Å². The van der Waals surface area contributed by atoms with Crippen LogP contribution in [0.1, 0.15) is 6.92 Å². The van der Waals surface area contributed by atoms with Crippen molar-refractivity contribution in [3.05, 3.63) is 53.8 Å². The normalized spacial score (nSPS) is 11.6. The molecule has 0 radical (unpaired) electrons. The van der Waals surface area contributed by atoms with Gasteiger partial charge < -0.3 is 19.8 Å². The number of anilines is 3. The van der Waals surface area contributed by atoms with Crippen LogP contribution in [0.3, 0.4) is 0 Å². The number of amides is 2. The molecule has 0 aliphatic carbocycles. The van der Waals surface area contributed by atoms with E-state index in [0.717, 1.165) is 11.3 Å². The van der Waals surface area contributed by atoms with Gasteiger partial charge in [-0.25, -0.2) is 9.78 Å². The summed E-state index contributed by atoms with van der Waals surface area (Å²) in [6, 6.07) is 10.6. The van der Waals surface area contributed by atoms with Gasteiger partial charge in [0.15, 0.2) is 11.6 Å². The second kappa shape index (κ2) is 11.6. The Labute approximate surface area is 202 Å². The predicted octanol–water partition coefficient (Wildman–Crippen LogP) is 3.05. The van der Waals surface area contributed by atoms with Gasteiger partial charge in [0.2, 0.25) is 5.88 Å². The topological polar surface area (TPSA) is 124 Å². The molecule has 0 saturated carbocycles. The van der Waals surface area contributed by atoms with E-state index in [9.17, 15) is 9.90 Å². The minimum Gasteiger partial charge on any atom is -0.474 e. The molecule has 180 valence electrons. The number of pyridine rings is 1. The summed E-state index contributed by atoms with van der Waals surface area (Å²) in [5.41, 5.74) is 2.27. The van der Waals surface area contributed by atoms with E-state index in [1.165, 1.54) is 17.3 Å². The van der Waals surface area contributed by atoms with Gasteiger partial charge in [-0.1, -0.05) is 23.7 Å². The van der Waals surface area contributed by atoms with Gasteiger partial charge in [-0.15, -0.1) is 0 Å². The van der Waals surface area contributed by atoms with Crippen LogP contribution in [0, 0.1) is 0 Å². The van der Waals surface area contributed by atoms with Crippen LogP contribution in [0.5, 0.6) is 5.88 Å². The molecule has 2 amide bonds. The highest BCUT2D eigenvalue weighted by Gasteiger charge is 2.20. The van der Waals surface area contributed by atoms with E-state index >= 15 is 0 Å². The SMILES string of the molecule is CCN(C)c1ccc(-c2cccc(Cl)c2)nc1N(C)C(=O)Nc1cncc(OCC(O)CO)n1. The fourth-order valence-corrected chi connectivity index (χ4v) is 3.16. The minimum absolute atomic E-state index is 0.0976. The molecule has 1 atom stereocenters. The van der Waals surface area contributed by atoms with Crippen molar-refractivity contribution >= 4 is 35.0 Å². The van der Waals surface area contributed by atoms with E-state index in [-0.39, 0.29) is 18.3 Å².